The minimum Gasteiger partial charge on any atom is -0.0651 e. The highest BCUT2D eigenvalue weighted by Gasteiger charge is 2.29. The fourth-order valence-corrected chi connectivity index (χ4v) is 18.8. The fraction of sp³-hybridized carbons (Fsp3) is 1.00. The predicted octanol–water partition coefficient (Wildman–Crippen LogP) is 34.0. The van der Waals surface area contributed by atoms with Crippen LogP contribution in [0, 0.1) is 142 Å². The van der Waals surface area contributed by atoms with Gasteiger partial charge < -0.3 is 0 Å². The Hall–Kier alpha value is 0. The van der Waals surface area contributed by atoms with Crippen molar-refractivity contribution in [1.29, 1.82) is 0 Å². The van der Waals surface area contributed by atoms with Crippen molar-refractivity contribution in [3.8, 4) is 0 Å². The van der Waals surface area contributed by atoms with E-state index in [1.54, 1.807) is 0 Å². The first kappa shape index (κ1) is 94.0. The highest BCUT2D eigenvalue weighted by molar-refractivity contribution is 4.81. The molecule has 8 fully saturated rings. The van der Waals surface area contributed by atoms with Crippen LogP contribution in [0.4, 0.5) is 0 Å². The van der Waals surface area contributed by atoms with Gasteiger partial charge >= 0.3 is 0 Å². The van der Waals surface area contributed by atoms with Crippen molar-refractivity contribution in [2.45, 2.75) is 474 Å². The average Bonchev–Trinajstić information content (AvgIpc) is 2.33. The van der Waals surface area contributed by atoms with Gasteiger partial charge in [0, 0.05) is 0 Å². The summed E-state index contributed by atoms with van der Waals surface area (Å²) < 4.78 is 0. The summed E-state index contributed by atoms with van der Waals surface area (Å²) in [5.74, 6) is 24.2. The molecule has 0 heteroatoms. The van der Waals surface area contributed by atoms with Gasteiger partial charge in [-0.25, -0.2) is 0 Å². The largest absolute Gasteiger partial charge is 0.0651 e. The van der Waals surface area contributed by atoms with Crippen molar-refractivity contribution in [1.82, 2.24) is 0 Å². The zero-order valence-electron chi connectivity index (χ0n) is 71.8. The predicted molar refractivity (Wildman–Crippen MR) is 442 cm³/mol. The highest BCUT2D eigenvalue weighted by Crippen LogP contribution is 2.42. The molecule has 8 aliphatic carbocycles. The summed E-state index contributed by atoms with van der Waals surface area (Å²) in [5, 5.41) is 0. The second kappa shape index (κ2) is 58.3. The Labute approximate surface area is 612 Å². The molecule has 0 aromatic carbocycles. The monoisotopic (exact) mass is 1350 g/mol. The third-order valence-corrected chi connectivity index (χ3v) is 26.2. The van der Waals surface area contributed by atoms with Crippen LogP contribution in [0.3, 0.4) is 0 Å². The van der Waals surface area contributed by atoms with E-state index in [-0.39, 0.29) is 0 Å². The maximum atomic E-state index is 2.44. The van der Waals surface area contributed by atoms with Crippen LogP contribution in [0.15, 0.2) is 0 Å². The van der Waals surface area contributed by atoms with Gasteiger partial charge in [0.05, 0.1) is 0 Å². The van der Waals surface area contributed by atoms with Crippen LogP contribution >= 0.6 is 0 Å². The molecular weight excluding hydrogens is 1150 g/mol. The van der Waals surface area contributed by atoms with E-state index in [4.69, 9.17) is 0 Å². The number of rotatable bonds is 28. The van der Waals surface area contributed by atoms with Crippen LogP contribution in [0.25, 0.3) is 0 Å². The van der Waals surface area contributed by atoms with Gasteiger partial charge in [-0.1, -0.05) is 410 Å². The zero-order valence-corrected chi connectivity index (χ0v) is 71.8. The van der Waals surface area contributed by atoms with Gasteiger partial charge in [0.25, 0.3) is 0 Å². The first-order valence-corrected chi connectivity index (χ1v) is 45.6. The lowest BCUT2D eigenvalue weighted by Gasteiger charge is -2.35. The minimum absolute atomic E-state index is 0.901. The molecule has 8 saturated carbocycles. The first-order valence-electron chi connectivity index (χ1n) is 45.6. The molecule has 0 heterocycles. The first-order chi connectivity index (χ1) is 45.6. The third kappa shape index (κ3) is 52.9. The standard InChI is InChI=1S/C14H28.2C13H26.2C12H24.2C11H22.C10H20/c1-4-13-7-5-6-8-14(11-13)10-9-12(2)3;1-11(2)8-9-13-7-5-4-6-12(3)10-13;1-4-12-6-5-7-13(10-12)9-8-11(2)3;1-10(2)7-8-12-6-4-5-11(3)9-12;1-4-11-7-8-12(9-11)6-5-10(2)3;1-9(2)4-6-11-7-5-10(3)8-11;1-4-10-7-11(8-10)6-5-9(2)3;1-8(2)4-5-10-6-9(3)7-10/h12-14H,4-11H2,1-3H3;2*11-13H,4-10H2,1-3H3;2*10-12H,4-9H2,1-3H3;2*9-11H,4-8H2,1-3H3;8-10H,4-7H2,1-3H3. The van der Waals surface area contributed by atoms with Gasteiger partial charge in [0.15, 0.2) is 0 Å². The molecule has 12 unspecified atom stereocenters. The summed E-state index contributed by atoms with van der Waals surface area (Å²) in [7, 11) is 0. The lowest BCUT2D eigenvalue weighted by Crippen LogP contribution is -2.23. The van der Waals surface area contributed by atoms with Crippen molar-refractivity contribution >= 4 is 0 Å². The Morgan fingerprint density at radius 3 is 0.667 bits per heavy atom. The van der Waals surface area contributed by atoms with Gasteiger partial charge in [-0.3, -0.25) is 0 Å². The van der Waals surface area contributed by atoms with Crippen LogP contribution in [-0.2, 0) is 0 Å². The molecule has 0 aromatic heterocycles. The second-order valence-corrected chi connectivity index (χ2v) is 40.2. The Morgan fingerprint density at radius 1 is 0.177 bits per heavy atom. The molecule has 0 spiro atoms. The molecule has 12 atom stereocenters. The Kier molecular flexibility index (Phi) is 57.1. The molecule has 0 aliphatic heterocycles. The third-order valence-electron chi connectivity index (χ3n) is 26.2. The maximum absolute atomic E-state index is 2.44. The van der Waals surface area contributed by atoms with E-state index in [2.05, 4.69) is 166 Å². The lowest BCUT2D eigenvalue weighted by molar-refractivity contribution is 0.169. The van der Waals surface area contributed by atoms with Gasteiger partial charge in [0.1, 0.15) is 0 Å². The molecule has 0 amide bonds. The van der Waals surface area contributed by atoms with E-state index in [1.807, 2.05) is 0 Å². The Balaban J connectivity index is 0.000000550. The Morgan fingerprint density at radius 2 is 0.365 bits per heavy atom. The molecule has 0 bridgehead atoms. The summed E-state index contributed by atoms with van der Waals surface area (Å²) in [4.78, 5) is 0. The summed E-state index contributed by atoms with van der Waals surface area (Å²) in [5.41, 5.74) is 0. The summed E-state index contributed by atoms with van der Waals surface area (Å²) in [6.45, 7) is 56.4. The summed E-state index contributed by atoms with van der Waals surface area (Å²) in [6.07, 6.45) is 71.4. The highest BCUT2D eigenvalue weighted by atomic mass is 14.3. The average molecular weight is 1350 g/mol. The smallest absolute Gasteiger partial charge is 0.0409 e. The summed E-state index contributed by atoms with van der Waals surface area (Å²) >= 11 is 0. The quantitative estimate of drug-likeness (QED) is 0.0685. The van der Waals surface area contributed by atoms with E-state index >= 15 is 0 Å². The summed E-state index contributed by atoms with van der Waals surface area (Å²) in [6, 6.07) is 0. The van der Waals surface area contributed by atoms with Crippen molar-refractivity contribution < 1.29 is 0 Å². The van der Waals surface area contributed by atoms with Crippen LogP contribution < -0.4 is 0 Å². The number of hydrogen-bond donors (Lipinski definition) is 0. The van der Waals surface area contributed by atoms with E-state index in [9.17, 15) is 0 Å². The van der Waals surface area contributed by atoms with E-state index in [1.165, 1.54) is 308 Å². The van der Waals surface area contributed by atoms with Crippen LogP contribution in [0.2, 0.25) is 0 Å². The van der Waals surface area contributed by atoms with E-state index in [0.717, 1.165) is 142 Å². The van der Waals surface area contributed by atoms with Crippen LogP contribution in [-0.4, -0.2) is 0 Å². The van der Waals surface area contributed by atoms with Crippen molar-refractivity contribution in [2.24, 2.45) is 142 Å². The number of hydrogen-bond acceptors (Lipinski definition) is 0. The SMILES string of the molecule is CC(C)CCC1CC(C)C1.CC(C)CCC1CCC(C)C1.CC(C)CCC1CCCC(C)C1.CC(C)CCC1CCCCC(C)C1.CCC1CC(CCC(C)C)C1.CCC1CCC(CCC(C)C)C1.CCC1CCCC(CCC(C)C)C1.CCC1CCCCC(CCC(C)C)C1. The minimum atomic E-state index is 0.901. The molecule has 0 aromatic rings. The second-order valence-electron chi connectivity index (χ2n) is 40.2. The molecule has 0 N–H and O–H groups in total. The molecule has 8 aliphatic rings. The molecule has 576 valence electrons. The molecular formula is C96H192. The van der Waals surface area contributed by atoms with Gasteiger partial charge in [-0.05, 0) is 206 Å². The normalized spacial score (nSPS) is 30.5. The van der Waals surface area contributed by atoms with Crippen LogP contribution in [0.1, 0.15) is 474 Å². The Bertz CT molecular complexity index is 1630. The van der Waals surface area contributed by atoms with Crippen molar-refractivity contribution in [3.05, 3.63) is 0 Å². The molecule has 0 saturated heterocycles. The van der Waals surface area contributed by atoms with Crippen molar-refractivity contribution in [3.63, 3.8) is 0 Å². The van der Waals surface area contributed by atoms with Crippen LogP contribution in [0.5, 0.6) is 0 Å². The molecule has 8 rings (SSSR count). The van der Waals surface area contributed by atoms with E-state index < -0.39 is 0 Å². The molecule has 0 radical (unpaired) electrons. The molecule has 0 nitrogen and oxygen atoms in total. The van der Waals surface area contributed by atoms with E-state index in [0.29, 0.717) is 0 Å². The van der Waals surface area contributed by atoms with Gasteiger partial charge in [0.2, 0.25) is 0 Å². The topological polar surface area (TPSA) is 0 Å². The molecule has 96 heavy (non-hydrogen) atoms. The van der Waals surface area contributed by atoms with Crippen molar-refractivity contribution in [2.75, 3.05) is 0 Å². The lowest BCUT2D eigenvalue weighted by atomic mass is 9.71. The fourth-order valence-electron chi connectivity index (χ4n) is 18.8. The van der Waals surface area contributed by atoms with Gasteiger partial charge in [-0.2, -0.15) is 0 Å². The van der Waals surface area contributed by atoms with Gasteiger partial charge in [-0.15, -0.1) is 0 Å². The maximum Gasteiger partial charge on any atom is -0.0409 e. The zero-order chi connectivity index (χ0) is 71.8.